The van der Waals surface area contributed by atoms with Crippen LogP contribution in [0.5, 0.6) is 0 Å². The molecule has 1 atom stereocenters. The van der Waals surface area contributed by atoms with Gasteiger partial charge in [-0.25, -0.2) is 0 Å². The Morgan fingerprint density at radius 1 is 1.11 bits per heavy atom. The summed E-state index contributed by atoms with van der Waals surface area (Å²) in [5.74, 6) is 0.380. The van der Waals surface area contributed by atoms with Crippen LogP contribution in [-0.4, -0.2) is 25.5 Å². The van der Waals surface area contributed by atoms with Crippen LogP contribution in [0.3, 0.4) is 0 Å². The summed E-state index contributed by atoms with van der Waals surface area (Å²) in [5, 5.41) is 13.6. The third-order valence-corrected chi connectivity index (χ3v) is 5.30. The Hall–Kier alpha value is -3.19. The lowest BCUT2D eigenvalue weighted by Crippen LogP contribution is -2.29. The highest BCUT2D eigenvalue weighted by molar-refractivity contribution is 7.10. The number of hydrogen-bond donors (Lipinski definition) is 1. The van der Waals surface area contributed by atoms with Gasteiger partial charge in [-0.1, -0.05) is 36.4 Å². The van der Waals surface area contributed by atoms with Crippen molar-refractivity contribution >= 4 is 17.2 Å². The highest BCUT2D eigenvalue weighted by Crippen LogP contribution is 2.23. The predicted molar refractivity (Wildman–Crippen MR) is 106 cm³/mol. The number of aromatic nitrogens is 4. The first kappa shape index (κ1) is 17.2. The average Bonchev–Trinajstić information content (AvgIpc) is 3.47. The van der Waals surface area contributed by atoms with Gasteiger partial charge in [0.25, 0.3) is 5.91 Å². The van der Waals surface area contributed by atoms with Gasteiger partial charge in [0.2, 0.25) is 0 Å². The van der Waals surface area contributed by atoms with Crippen LogP contribution in [0.2, 0.25) is 0 Å². The van der Waals surface area contributed by atoms with Gasteiger partial charge in [-0.15, -0.1) is 16.4 Å². The van der Waals surface area contributed by atoms with E-state index in [1.807, 2.05) is 76.9 Å². The lowest BCUT2D eigenvalue weighted by atomic mass is 10.2. The van der Waals surface area contributed by atoms with Gasteiger partial charge in [-0.05, 0) is 42.1 Å². The predicted octanol–water partition coefficient (Wildman–Crippen LogP) is 4.00. The van der Waals surface area contributed by atoms with E-state index in [9.17, 15) is 4.79 Å². The van der Waals surface area contributed by atoms with E-state index in [2.05, 4.69) is 22.6 Å². The molecule has 4 aromatic rings. The van der Waals surface area contributed by atoms with Crippen LogP contribution in [-0.2, 0) is 0 Å². The number of carbonyl (C=O) groups excluding carboxylic acids is 1. The van der Waals surface area contributed by atoms with Crippen molar-refractivity contribution in [3.63, 3.8) is 0 Å². The van der Waals surface area contributed by atoms with Crippen molar-refractivity contribution in [2.75, 3.05) is 0 Å². The number of hydrogen-bond acceptors (Lipinski definition) is 4. The molecule has 136 valence electrons. The molecule has 0 fully saturated rings. The molecule has 27 heavy (non-hydrogen) atoms. The molecule has 0 saturated heterocycles. The van der Waals surface area contributed by atoms with Gasteiger partial charge < -0.3 is 9.88 Å². The van der Waals surface area contributed by atoms with Crippen LogP contribution in [0, 0.1) is 0 Å². The van der Waals surface area contributed by atoms with E-state index >= 15 is 0 Å². The monoisotopic (exact) mass is 377 g/mol. The molecule has 7 heteroatoms. The highest BCUT2D eigenvalue weighted by atomic mass is 32.1. The van der Waals surface area contributed by atoms with Crippen molar-refractivity contribution in [3.05, 3.63) is 82.9 Å². The van der Waals surface area contributed by atoms with Crippen LogP contribution in [0.1, 0.15) is 34.8 Å². The molecule has 3 heterocycles. The first-order valence-corrected chi connectivity index (χ1v) is 9.64. The minimum absolute atomic E-state index is 0.0445. The van der Waals surface area contributed by atoms with E-state index < -0.39 is 0 Å². The molecule has 1 aromatic carbocycles. The SMILES string of the molecule is CC[C@H](NC(=O)c1nnn(-c2ccccc2)c1-n1cccc1)c1cccs1. The number of para-hydroxylation sites is 1. The quantitative estimate of drug-likeness (QED) is 0.552. The molecule has 0 radical (unpaired) electrons. The van der Waals surface area contributed by atoms with Gasteiger partial charge in [0, 0.05) is 17.3 Å². The summed E-state index contributed by atoms with van der Waals surface area (Å²) in [6.45, 7) is 2.05. The standard InChI is InChI=1S/C20H19N5OS/c1-2-16(17-11-8-14-27-17)21-19(26)18-20(24-12-6-7-13-24)25(23-22-18)15-9-4-3-5-10-15/h3-14,16H,2H2,1H3,(H,21,26)/t16-/m0/s1. The molecule has 4 rings (SSSR count). The van der Waals surface area contributed by atoms with E-state index in [4.69, 9.17) is 0 Å². The Labute approximate surface area is 161 Å². The number of amides is 1. The number of nitrogens with one attached hydrogen (secondary N) is 1. The number of benzene rings is 1. The molecule has 0 spiro atoms. The summed E-state index contributed by atoms with van der Waals surface area (Å²) in [6.07, 6.45) is 4.56. The van der Waals surface area contributed by atoms with E-state index in [-0.39, 0.29) is 11.9 Å². The van der Waals surface area contributed by atoms with Crippen molar-refractivity contribution < 1.29 is 4.79 Å². The second-order valence-corrected chi connectivity index (χ2v) is 7.03. The van der Waals surface area contributed by atoms with E-state index in [1.54, 1.807) is 16.0 Å². The first-order chi connectivity index (χ1) is 13.3. The first-order valence-electron chi connectivity index (χ1n) is 8.76. The normalized spacial score (nSPS) is 12.0. The Morgan fingerprint density at radius 2 is 1.89 bits per heavy atom. The number of nitrogens with zero attached hydrogens (tertiary/aromatic N) is 4. The average molecular weight is 377 g/mol. The van der Waals surface area contributed by atoms with Crippen molar-refractivity contribution in [2.45, 2.75) is 19.4 Å². The zero-order valence-electron chi connectivity index (χ0n) is 14.8. The number of rotatable bonds is 6. The second kappa shape index (κ2) is 7.59. The van der Waals surface area contributed by atoms with Gasteiger partial charge >= 0.3 is 0 Å². The fraction of sp³-hybridized carbons (Fsp3) is 0.150. The molecule has 1 N–H and O–H groups in total. The molecule has 0 saturated carbocycles. The topological polar surface area (TPSA) is 64.7 Å². The van der Waals surface area contributed by atoms with Crippen molar-refractivity contribution in [2.24, 2.45) is 0 Å². The van der Waals surface area contributed by atoms with Crippen LogP contribution in [0.4, 0.5) is 0 Å². The van der Waals surface area contributed by atoms with Gasteiger partial charge in [0.1, 0.15) is 0 Å². The summed E-state index contributed by atoms with van der Waals surface area (Å²) in [7, 11) is 0. The van der Waals surface area contributed by atoms with Gasteiger partial charge in [-0.3, -0.25) is 4.79 Å². The molecule has 0 bridgehead atoms. The molecule has 6 nitrogen and oxygen atoms in total. The fourth-order valence-corrected chi connectivity index (χ4v) is 3.83. The van der Waals surface area contributed by atoms with E-state index in [0.29, 0.717) is 11.5 Å². The third kappa shape index (κ3) is 3.41. The van der Waals surface area contributed by atoms with Gasteiger partial charge in [0.15, 0.2) is 11.5 Å². The molecule has 3 aromatic heterocycles. The third-order valence-electron chi connectivity index (χ3n) is 4.31. The largest absolute Gasteiger partial charge is 0.343 e. The maximum absolute atomic E-state index is 13.0. The molecule has 0 aliphatic rings. The van der Waals surface area contributed by atoms with Crippen molar-refractivity contribution in [1.29, 1.82) is 0 Å². The molecular formula is C20H19N5OS. The lowest BCUT2D eigenvalue weighted by Gasteiger charge is -2.15. The highest BCUT2D eigenvalue weighted by Gasteiger charge is 2.24. The Morgan fingerprint density at radius 3 is 2.56 bits per heavy atom. The van der Waals surface area contributed by atoms with Crippen LogP contribution >= 0.6 is 11.3 Å². The molecule has 0 aliphatic carbocycles. The second-order valence-electron chi connectivity index (χ2n) is 6.05. The van der Waals surface area contributed by atoms with Crippen molar-refractivity contribution in [1.82, 2.24) is 24.9 Å². The zero-order valence-corrected chi connectivity index (χ0v) is 15.6. The summed E-state index contributed by atoms with van der Waals surface area (Å²) in [5.41, 5.74) is 1.14. The Balaban J connectivity index is 1.72. The Bertz CT molecular complexity index is 1010. The summed E-state index contributed by atoms with van der Waals surface area (Å²) < 4.78 is 3.54. The minimum atomic E-state index is -0.235. The molecular weight excluding hydrogens is 358 g/mol. The van der Waals surface area contributed by atoms with Crippen molar-refractivity contribution in [3.8, 4) is 11.5 Å². The zero-order chi connectivity index (χ0) is 18.6. The summed E-state index contributed by atoms with van der Waals surface area (Å²) in [6, 6.07) is 17.5. The maximum Gasteiger partial charge on any atom is 0.276 e. The fourth-order valence-electron chi connectivity index (χ4n) is 2.96. The van der Waals surface area contributed by atoms with E-state index in [0.717, 1.165) is 17.0 Å². The van der Waals surface area contributed by atoms with Gasteiger partial charge in [-0.2, -0.15) is 4.68 Å². The minimum Gasteiger partial charge on any atom is -0.343 e. The van der Waals surface area contributed by atoms with E-state index in [1.165, 1.54) is 0 Å². The van der Waals surface area contributed by atoms with Crippen LogP contribution in [0.25, 0.3) is 11.5 Å². The molecule has 1 amide bonds. The summed E-state index contributed by atoms with van der Waals surface area (Å²) >= 11 is 1.64. The summed E-state index contributed by atoms with van der Waals surface area (Å²) in [4.78, 5) is 14.2. The molecule has 0 aliphatic heterocycles. The number of carbonyl (C=O) groups is 1. The Kier molecular flexibility index (Phi) is 4.84. The van der Waals surface area contributed by atoms with Crippen LogP contribution < -0.4 is 5.32 Å². The lowest BCUT2D eigenvalue weighted by molar-refractivity contribution is 0.0931. The van der Waals surface area contributed by atoms with Gasteiger partial charge in [0.05, 0.1) is 11.7 Å². The number of thiophene rings is 1. The van der Waals surface area contributed by atoms with Crippen LogP contribution in [0.15, 0.2) is 72.4 Å². The molecule has 0 unspecified atom stereocenters. The smallest absolute Gasteiger partial charge is 0.276 e. The maximum atomic E-state index is 13.0.